The van der Waals surface area contributed by atoms with Crippen molar-refractivity contribution in [2.75, 3.05) is 24.7 Å². The van der Waals surface area contributed by atoms with Crippen LogP contribution in [0.3, 0.4) is 0 Å². The van der Waals surface area contributed by atoms with Crippen molar-refractivity contribution < 1.29 is 27.5 Å². The summed E-state index contributed by atoms with van der Waals surface area (Å²) in [5.41, 5.74) is 0.919. The van der Waals surface area contributed by atoms with Crippen molar-refractivity contribution in [1.82, 2.24) is 4.90 Å². The number of nitriles is 1. The highest BCUT2D eigenvalue weighted by molar-refractivity contribution is 7.91. The fraction of sp³-hybridized carbons (Fsp3) is 0.480. The molecule has 0 spiro atoms. The van der Waals surface area contributed by atoms with Crippen LogP contribution in [0, 0.1) is 17.2 Å². The van der Waals surface area contributed by atoms with Gasteiger partial charge in [-0.25, -0.2) is 8.42 Å². The predicted molar refractivity (Wildman–Crippen MR) is 128 cm³/mol. The van der Waals surface area contributed by atoms with E-state index in [1.54, 1.807) is 31.2 Å². The van der Waals surface area contributed by atoms with Crippen LogP contribution in [-0.4, -0.2) is 55.9 Å². The van der Waals surface area contributed by atoms with Gasteiger partial charge < -0.3 is 9.47 Å². The Morgan fingerprint density at radius 3 is 2.53 bits per heavy atom. The van der Waals surface area contributed by atoms with Crippen LogP contribution in [0.25, 0.3) is 6.08 Å². The Balaban J connectivity index is 1.98. The van der Waals surface area contributed by atoms with Gasteiger partial charge in [0.1, 0.15) is 11.6 Å². The second-order valence-corrected chi connectivity index (χ2v) is 11.1. The molecule has 1 aromatic carbocycles. The Labute approximate surface area is 200 Å². The van der Waals surface area contributed by atoms with Crippen molar-refractivity contribution in [2.45, 2.75) is 46.6 Å². The largest absolute Gasteiger partial charge is 0.490 e. The summed E-state index contributed by atoms with van der Waals surface area (Å²) >= 11 is 0. The lowest BCUT2D eigenvalue weighted by Gasteiger charge is -2.31. The zero-order valence-electron chi connectivity index (χ0n) is 20.0. The van der Waals surface area contributed by atoms with Crippen LogP contribution in [0.2, 0.25) is 0 Å². The number of sulfone groups is 1. The molecule has 1 unspecified atom stereocenters. The molecule has 3 rings (SSSR count). The van der Waals surface area contributed by atoms with Crippen LogP contribution < -0.4 is 9.47 Å². The van der Waals surface area contributed by atoms with Gasteiger partial charge in [0.05, 0.1) is 30.8 Å². The monoisotopic (exact) mass is 486 g/mol. The Hall–Kier alpha value is -3.12. The molecule has 0 bridgehead atoms. The third-order valence-corrected chi connectivity index (χ3v) is 7.63. The summed E-state index contributed by atoms with van der Waals surface area (Å²) in [6, 6.07) is 6.39. The molecule has 1 atom stereocenters. The standard InChI is InChI=1S/C25H30N2O6S/c1-5-32-23-13-18(6-7-22(23)33-10-8-16(2)3)12-20-17(4)21(14-26)25(29)27(24(20)28)19-9-11-34(30,31)15-19/h6-7,12-13,16,19H,5,8-11,15H2,1-4H3/b20-12+. The third kappa shape index (κ3) is 5.50. The highest BCUT2D eigenvalue weighted by atomic mass is 32.2. The van der Waals surface area contributed by atoms with Crippen molar-refractivity contribution in [1.29, 1.82) is 5.26 Å². The maximum absolute atomic E-state index is 13.3. The van der Waals surface area contributed by atoms with Gasteiger partial charge in [-0.2, -0.15) is 5.26 Å². The van der Waals surface area contributed by atoms with Gasteiger partial charge in [0.25, 0.3) is 11.8 Å². The first-order chi connectivity index (χ1) is 16.1. The molecule has 0 N–H and O–H groups in total. The van der Waals surface area contributed by atoms with E-state index >= 15 is 0 Å². The van der Waals surface area contributed by atoms with Gasteiger partial charge in [-0.3, -0.25) is 14.5 Å². The minimum Gasteiger partial charge on any atom is -0.490 e. The molecular formula is C25H30N2O6S. The lowest BCUT2D eigenvalue weighted by Crippen LogP contribution is -2.49. The Kier molecular flexibility index (Phi) is 7.82. The number of rotatable bonds is 8. The summed E-state index contributed by atoms with van der Waals surface area (Å²) in [7, 11) is -3.33. The summed E-state index contributed by atoms with van der Waals surface area (Å²) in [5, 5.41) is 9.59. The molecule has 1 saturated heterocycles. The molecule has 1 fully saturated rings. The van der Waals surface area contributed by atoms with Gasteiger partial charge in [-0.1, -0.05) is 19.9 Å². The van der Waals surface area contributed by atoms with Gasteiger partial charge in [-0.05, 0) is 62.0 Å². The molecule has 1 aromatic rings. The van der Waals surface area contributed by atoms with E-state index < -0.39 is 27.7 Å². The second kappa shape index (κ2) is 10.4. The summed E-state index contributed by atoms with van der Waals surface area (Å²) in [5.74, 6) is -0.0901. The number of hydrogen-bond donors (Lipinski definition) is 0. The van der Waals surface area contributed by atoms with E-state index in [1.807, 2.05) is 13.0 Å². The molecule has 2 aliphatic rings. The lowest BCUT2D eigenvalue weighted by molar-refractivity contribution is -0.142. The van der Waals surface area contributed by atoms with Crippen molar-refractivity contribution >= 4 is 27.7 Å². The van der Waals surface area contributed by atoms with E-state index in [0.29, 0.717) is 36.2 Å². The van der Waals surface area contributed by atoms with Crippen molar-refractivity contribution in [3.05, 3.63) is 40.5 Å². The lowest BCUT2D eigenvalue weighted by atomic mass is 9.92. The van der Waals surface area contributed by atoms with Gasteiger partial charge in [-0.15, -0.1) is 0 Å². The molecule has 2 aliphatic heterocycles. The van der Waals surface area contributed by atoms with Crippen molar-refractivity contribution in [2.24, 2.45) is 5.92 Å². The summed E-state index contributed by atoms with van der Waals surface area (Å²) in [6.07, 6.45) is 2.66. The molecule has 8 nitrogen and oxygen atoms in total. The molecule has 0 saturated carbocycles. The minimum atomic E-state index is -3.33. The van der Waals surface area contributed by atoms with Crippen molar-refractivity contribution in [3.63, 3.8) is 0 Å². The number of nitrogens with zero attached hydrogens (tertiary/aromatic N) is 2. The quantitative estimate of drug-likeness (QED) is 0.409. The molecule has 0 radical (unpaired) electrons. The van der Waals surface area contributed by atoms with E-state index in [2.05, 4.69) is 13.8 Å². The Bertz CT molecular complexity index is 1190. The molecular weight excluding hydrogens is 456 g/mol. The van der Waals surface area contributed by atoms with Crippen LogP contribution in [0.5, 0.6) is 11.5 Å². The topological polar surface area (TPSA) is 114 Å². The Morgan fingerprint density at radius 1 is 1.21 bits per heavy atom. The van der Waals surface area contributed by atoms with Crippen LogP contribution in [0.4, 0.5) is 0 Å². The van der Waals surface area contributed by atoms with Crippen molar-refractivity contribution in [3.8, 4) is 17.6 Å². The summed E-state index contributed by atoms with van der Waals surface area (Å²) < 4.78 is 35.5. The summed E-state index contributed by atoms with van der Waals surface area (Å²) in [4.78, 5) is 27.1. The molecule has 0 aromatic heterocycles. The maximum atomic E-state index is 13.3. The fourth-order valence-electron chi connectivity index (χ4n) is 3.98. The molecule has 2 amide bonds. The number of ether oxygens (including phenoxy) is 2. The summed E-state index contributed by atoms with van der Waals surface area (Å²) in [6.45, 7) is 8.61. The normalized spacial score (nSPS) is 21.4. The second-order valence-electron chi connectivity index (χ2n) is 8.88. The van der Waals surface area contributed by atoms with Gasteiger partial charge >= 0.3 is 0 Å². The van der Waals surface area contributed by atoms with E-state index in [4.69, 9.17) is 9.47 Å². The minimum absolute atomic E-state index is 0.0889. The van der Waals surface area contributed by atoms with Gasteiger partial charge in [0.15, 0.2) is 21.3 Å². The number of hydrogen-bond acceptors (Lipinski definition) is 7. The average molecular weight is 487 g/mol. The first-order valence-electron chi connectivity index (χ1n) is 11.4. The SMILES string of the molecule is CCOc1cc(/C=C2/C(=O)N(C3CCS(=O)(=O)C3)C(=O)C(C#N)=C2C)ccc1OCCC(C)C. The van der Waals surface area contributed by atoms with E-state index in [-0.39, 0.29) is 34.6 Å². The van der Waals surface area contributed by atoms with E-state index in [1.165, 1.54) is 0 Å². The average Bonchev–Trinajstić information content (AvgIpc) is 3.12. The Morgan fingerprint density at radius 2 is 1.94 bits per heavy atom. The zero-order valence-corrected chi connectivity index (χ0v) is 20.8. The number of carbonyl (C=O) groups is 2. The van der Waals surface area contributed by atoms with E-state index in [0.717, 1.165) is 11.3 Å². The third-order valence-electron chi connectivity index (χ3n) is 5.88. The van der Waals surface area contributed by atoms with Crippen LogP contribution in [0.1, 0.15) is 46.1 Å². The van der Waals surface area contributed by atoms with Gasteiger partial charge in [0.2, 0.25) is 0 Å². The first-order valence-corrected chi connectivity index (χ1v) is 13.2. The highest BCUT2D eigenvalue weighted by Gasteiger charge is 2.43. The molecule has 34 heavy (non-hydrogen) atoms. The number of imide groups is 1. The first kappa shape index (κ1) is 25.5. The van der Waals surface area contributed by atoms with Crippen LogP contribution >= 0.6 is 0 Å². The molecule has 9 heteroatoms. The maximum Gasteiger partial charge on any atom is 0.271 e. The number of benzene rings is 1. The number of amides is 2. The predicted octanol–water partition coefficient (Wildman–Crippen LogP) is 3.29. The smallest absolute Gasteiger partial charge is 0.271 e. The van der Waals surface area contributed by atoms with Gasteiger partial charge in [0, 0.05) is 5.57 Å². The zero-order chi connectivity index (χ0) is 25.0. The highest BCUT2D eigenvalue weighted by Crippen LogP contribution is 2.34. The van der Waals surface area contributed by atoms with E-state index in [9.17, 15) is 23.3 Å². The number of carbonyl (C=O) groups excluding carboxylic acids is 2. The molecule has 0 aliphatic carbocycles. The van der Waals surface area contributed by atoms with Crippen LogP contribution in [0.15, 0.2) is 34.9 Å². The molecule has 182 valence electrons. The fourth-order valence-corrected chi connectivity index (χ4v) is 5.68. The molecule has 2 heterocycles. The van der Waals surface area contributed by atoms with Crippen LogP contribution in [-0.2, 0) is 19.4 Å².